The fourth-order valence-electron chi connectivity index (χ4n) is 1.89. The first-order valence-corrected chi connectivity index (χ1v) is 7.28. The van der Waals surface area contributed by atoms with Crippen molar-refractivity contribution in [1.82, 2.24) is 0 Å². The van der Waals surface area contributed by atoms with Crippen LogP contribution in [0.15, 0.2) is 48.5 Å². The molecule has 1 amide bonds. The van der Waals surface area contributed by atoms with Gasteiger partial charge in [-0.3, -0.25) is 4.79 Å². The van der Waals surface area contributed by atoms with E-state index in [0.717, 1.165) is 5.69 Å². The van der Waals surface area contributed by atoms with Crippen LogP contribution in [-0.2, 0) is 4.79 Å². The molecule has 0 aliphatic heterocycles. The summed E-state index contributed by atoms with van der Waals surface area (Å²) in [6, 6.07) is 14.3. The number of anilines is 2. The Bertz CT molecular complexity index is 631. The van der Waals surface area contributed by atoms with Gasteiger partial charge in [-0.15, -0.1) is 0 Å². The summed E-state index contributed by atoms with van der Waals surface area (Å²) in [4.78, 5) is 14.2. The predicted octanol–water partition coefficient (Wildman–Crippen LogP) is 4.46. The van der Waals surface area contributed by atoms with Gasteiger partial charge >= 0.3 is 0 Å². The van der Waals surface area contributed by atoms with Gasteiger partial charge in [0.1, 0.15) is 6.04 Å². The number of benzene rings is 2. The highest BCUT2D eigenvalue weighted by atomic mass is 35.5. The second-order valence-electron chi connectivity index (χ2n) is 4.74. The summed E-state index contributed by atoms with van der Waals surface area (Å²) in [7, 11) is 1.87. The van der Waals surface area contributed by atoms with Crippen molar-refractivity contribution in [3.8, 4) is 0 Å². The van der Waals surface area contributed by atoms with Crippen LogP contribution < -0.4 is 10.2 Å². The Labute approximate surface area is 134 Å². The molecule has 0 fully saturated rings. The molecule has 2 rings (SSSR count). The zero-order chi connectivity index (χ0) is 15.4. The van der Waals surface area contributed by atoms with E-state index >= 15 is 0 Å². The van der Waals surface area contributed by atoms with E-state index in [9.17, 15) is 4.79 Å². The van der Waals surface area contributed by atoms with Crippen LogP contribution in [0.25, 0.3) is 0 Å². The van der Waals surface area contributed by atoms with Gasteiger partial charge in [0, 0.05) is 17.8 Å². The van der Waals surface area contributed by atoms with E-state index in [1.54, 1.807) is 18.2 Å². The minimum atomic E-state index is -0.345. The van der Waals surface area contributed by atoms with E-state index in [-0.39, 0.29) is 11.9 Å². The molecule has 0 aromatic heterocycles. The Morgan fingerprint density at radius 3 is 2.48 bits per heavy atom. The maximum Gasteiger partial charge on any atom is 0.246 e. The van der Waals surface area contributed by atoms with Crippen LogP contribution >= 0.6 is 23.2 Å². The number of carbonyl (C=O) groups excluding carboxylic acids is 1. The number of nitrogens with one attached hydrogen (secondary N) is 1. The molecule has 0 saturated heterocycles. The van der Waals surface area contributed by atoms with E-state index < -0.39 is 0 Å². The molecule has 0 spiro atoms. The fourth-order valence-corrected chi connectivity index (χ4v) is 2.23. The van der Waals surface area contributed by atoms with Gasteiger partial charge in [0.15, 0.2) is 0 Å². The SMILES string of the molecule is C[C@@H](C(=O)Nc1cc(Cl)ccc1Cl)N(C)c1ccccc1. The second-order valence-corrected chi connectivity index (χ2v) is 5.58. The smallest absolute Gasteiger partial charge is 0.246 e. The molecule has 2 aromatic rings. The first-order chi connectivity index (χ1) is 9.99. The lowest BCUT2D eigenvalue weighted by molar-refractivity contribution is -0.117. The summed E-state index contributed by atoms with van der Waals surface area (Å²) in [5.74, 6) is -0.148. The highest BCUT2D eigenvalue weighted by molar-refractivity contribution is 6.35. The summed E-state index contributed by atoms with van der Waals surface area (Å²) >= 11 is 12.0. The molecule has 0 heterocycles. The van der Waals surface area contributed by atoms with Crippen molar-refractivity contribution in [2.45, 2.75) is 13.0 Å². The summed E-state index contributed by atoms with van der Waals surface area (Å²) in [6.45, 7) is 1.83. The van der Waals surface area contributed by atoms with Crippen molar-refractivity contribution in [2.75, 3.05) is 17.3 Å². The van der Waals surface area contributed by atoms with Crippen molar-refractivity contribution < 1.29 is 4.79 Å². The van der Waals surface area contributed by atoms with Crippen LogP contribution in [0.2, 0.25) is 10.0 Å². The zero-order valence-corrected chi connectivity index (χ0v) is 13.3. The van der Waals surface area contributed by atoms with E-state index in [2.05, 4.69) is 5.32 Å². The van der Waals surface area contributed by atoms with Crippen molar-refractivity contribution >= 4 is 40.5 Å². The molecule has 2 aromatic carbocycles. The van der Waals surface area contributed by atoms with Gasteiger partial charge in [0.2, 0.25) is 5.91 Å². The average molecular weight is 323 g/mol. The molecule has 0 aliphatic carbocycles. The number of hydrogen-bond acceptors (Lipinski definition) is 2. The third kappa shape index (κ3) is 3.90. The number of amides is 1. The first-order valence-electron chi connectivity index (χ1n) is 6.53. The monoisotopic (exact) mass is 322 g/mol. The lowest BCUT2D eigenvalue weighted by Gasteiger charge is -2.26. The third-order valence-electron chi connectivity index (χ3n) is 3.31. The number of para-hydroxylation sites is 1. The average Bonchev–Trinajstić information content (AvgIpc) is 2.50. The number of halogens is 2. The van der Waals surface area contributed by atoms with Crippen molar-refractivity contribution in [3.05, 3.63) is 58.6 Å². The Morgan fingerprint density at radius 1 is 1.14 bits per heavy atom. The van der Waals surface area contributed by atoms with Crippen LogP contribution in [0.5, 0.6) is 0 Å². The van der Waals surface area contributed by atoms with Gasteiger partial charge in [0.25, 0.3) is 0 Å². The van der Waals surface area contributed by atoms with Gasteiger partial charge in [-0.25, -0.2) is 0 Å². The van der Waals surface area contributed by atoms with Crippen molar-refractivity contribution in [1.29, 1.82) is 0 Å². The lowest BCUT2D eigenvalue weighted by Crippen LogP contribution is -2.39. The Morgan fingerprint density at radius 2 is 1.81 bits per heavy atom. The summed E-state index contributed by atoms with van der Waals surface area (Å²) in [6.07, 6.45) is 0. The number of nitrogens with zero attached hydrogens (tertiary/aromatic N) is 1. The van der Waals surface area contributed by atoms with Crippen LogP contribution in [0, 0.1) is 0 Å². The largest absolute Gasteiger partial charge is 0.363 e. The number of rotatable bonds is 4. The summed E-state index contributed by atoms with van der Waals surface area (Å²) in [5.41, 5.74) is 1.49. The molecule has 110 valence electrons. The molecule has 1 atom stereocenters. The maximum absolute atomic E-state index is 12.3. The van der Waals surface area contributed by atoms with Crippen molar-refractivity contribution in [3.63, 3.8) is 0 Å². The minimum absolute atomic E-state index is 0.148. The summed E-state index contributed by atoms with van der Waals surface area (Å²) in [5, 5.41) is 3.79. The molecular formula is C16H16Cl2N2O. The predicted molar refractivity (Wildman–Crippen MR) is 89.4 cm³/mol. The van der Waals surface area contributed by atoms with E-state index in [1.165, 1.54) is 0 Å². The lowest BCUT2D eigenvalue weighted by atomic mass is 10.2. The Balaban J connectivity index is 2.11. The van der Waals surface area contributed by atoms with E-state index in [4.69, 9.17) is 23.2 Å². The topological polar surface area (TPSA) is 32.3 Å². The molecular weight excluding hydrogens is 307 g/mol. The summed E-state index contributed by atoms with van der Waals surface area (Å²) < 4.78 is 0. The molecule has 0 unspecified atom stereocenters. The third-order valence-corrected chi connectivity index (χ3v) is 3.87. The second kappa shape index (κ2) is 6.83. The molecule has 3 nitrogen and oxygen atoms in total. The molecule has 0 aliphatic rings. The van der Waals surface area contributed by atoms with Gasteiger partial charge in [-0.2, -0.15) is 0 Å². The number of carbonyl (C=O) groups is 1. The normalized spacial score (nSPS) is 11.8. The van der Waals surface area contributed by atoms with Crippen LogP contribution in [0.1, 0.15) is 6.92 Å². The van der Waals surface area contributed by atoms with Gasteiger partial charge < -0.3 is 10.2 Å². The highest BCUT2D eigenvalue weighted by Crippen LogP contribution is 2.26. The first kappa shape index (κ1) is 15.7. The highest BCUT2D eigenvalue weighted by Gasteiger charge is 2.19. The Hall–Kier alpha value is -1.71. The minimum Gasteiger partial charge on any atom is -0.363 e. The molecule has 0 bridgehead atoms. The maximum atomic E-state index is 12.3. The Kier molecular flexibility index (Phi) is 5.10. The molecule has 5 heteroatoms. The van der Waals surface area contributed by atoms with Gasteiger partial charge in [0.05, 0.1) is 10.7 Å². The molecule has 1 N–H and O–H groups in total. The fraction of sp³-hybridized carbons (Fsp3) is 0.188. The van der Waals surface area contributed by atoms with Gasteiger partial charge in [-0.05, 0) is 37.3 Å². The van der Waals surface area contributed by atoms with Crippen LogP contribution in [0.4, 0.5) is 11.4 Å². The van der Waals surface area contributed by atoms with Crippen molar-refractivity contribution in [2.24, 2.45) is 0 Å². The zero-order valence-electron chi connectivity index (χ0n) is 11.8. The van der Waals surface area contributed by atoms with E-state index in [1.807, 2.05) is 49.2 Å². The standard InChI is InChI=1S/C16H16Cl2N2O/c1-11(20(2)13-6-4-3-5-7-13)16(21)19-15-10-12(17)8-9-14(15)18/h3-11H,1-2H3,(H,19,21)/t11-/m0/s1. The number of hydrogen-bond donors (Lipinski definition) is 1. The van der Waals surface area contributed by atoms with Crippen LogP contribution in [-0.4, -0.2) is 19.0 Å². The number of likely N-dealkylation sites (N-methyl/N-ethyl adjacent to an activating group) is 1. The van der Waals surface area contributed by atoms with Gasteiger partial charge in [-0.1, -0.05) is 41.4 Å². The quantitative estimate of drug-likeness (QED) is 0.901. The molecule has 0 saturated carbocycles. The van der Waals surface area contributed by atoms with Crippen LogP contribution in [0.3, 0.4) is 0 Å². The van der Waals surface area contributed by atoms with E-state index in [0.29, 0.717) is 15.7 Å². The molecule has 0 radical (unpaired) electrons. The molecule has 21 heavy (non-hydrogen) atoms.